The Morgan fingerprint density at radius 3 is 2.47 bits per heavy atom. The largest absolute Gasteiger partial charge is 0.305 e. The molecule has 0 bridgehead atoms. The lowest BCUT2D eigenvalue weighted by atomic mass is 9.89. The minimum Gasteiger partial charge on any atom is -0.305 e. The highest BCUT2D eigenvalue weighted by Crippen LogP contribution is 2.42. The topological polar surface area (TPSA) is 53.5 Å². The first-order chi connectivity index (χ1) is 14.6. The van der Waals surface area contributed by atoms with E-state index in [0.29, 0.717) is 18.4 Å². The summed E-state index contributed by atoms with van der Waals surface area (Å²) in [6.45, 7) is 3.92. The highest BCUT2D eigenvalue weighted by atomic mass is 16.2. The van der Waals surface area contributed by atoms with Gasteiger partial charge in [0.25, 0.3) is 5.91 Å². The van der Waals surface area contributed by atoms with Crippen LogP contribution in [-0.4, -0.2) is 22.8 Å². The van der Waals surface area contributed by atoms with Gasteiger partial charge in [0.15, 0.2) is 0 Å². The van der Waals surface area contributed by atoms with E-state index in [-0.39, 0.29) is 23.9 Å². The number of benzene rings is 2. The maximum atomic E-state index is 13.3. The molecule has 2 heterocycles. The fraction of sp³-hybridized carbons (Fsp3) is 0.240. The molecule has 2 aromatic carbocycles. The second kappa shape index (κ2) is 8.49. The monoisotopic (exact) mass is 399 g/mol. The van der Waals surface area contributed by atoms with E-state index in [1.165, 1.54) is 0 Å². The Labute approximate surface area is 177 Å². The van der Waals surface area contributed by atoms with Gasteiger partial charge in [0.05, 0.1) is 11.6 Å². The third kappa shape index (κ3) is 3.59. The van der Waals surface area contributed by atoms with Gasteiger partial charge in [-0.15, -0.1) is 0 Å². The summed E-state index contributed by atoms with van der Waals surface area (Å²) in [5, 5.41) is 0. The van der Waals surface area contributed by atoms with E-state index < -0.39 is 0 Å². The zero-order chi connectivity index (χ0) is 21.1. The molecule has 0 saturated heterocycles. The van der Waals surface area contributed by atoms with Crippen molar-refractivity contribution in [1.82, 2.24) is 4.98 Å². The molecule has 152 valence electrons. The molecule has 30 heavy (non-hydrogen) atoms. The summed E-state index contributed by atoms with van der Waals surface area (Å²) >= 11 is 0. The summed E-state index contributed by atoms with van der Waals surface area (Å²) in [7, 11) is 0. The van der Waals surface area contributed by atoms with Crippen molar-refractivity contribution in [3.8, 4) is 0 Å². The third-order valence-corrected chi connectivity index (χ3v) is 5.60. The van der Waals surface area contributed by atoms with Crippen molar-refractivity contribution in [3.63, 3.8) is 0 Å². The predicted molar refractivity (Wildman–Crippen MR) is 119 cm³/mol. The van der Waals surface area contributed by atoms with Gasteiger partial charge in [-0.05, 0) is 49.2 Å². The van der Waals surface area contributed by atoms with Crippen molar-refractivity contribution in [1.29, 1.82) is 0 Å². The molecule has 0 aliphatic carbocycles. The van der Waals surface area contributed by atoms with Crippen molar-refractivity contribution in [2.45, 2.75) is 38.8 Å². The third-order valence-electron chi connectivity index (χ3n) is 5.60. The molecule has 0 N–H and O–H groups in total. The van der Waals surface area contributed by atoms with Crippen LogP contribution in [0.4, 0.5) is 11.4 Å². The van der Waals surface area contributed by atoms with Gasteiger partial charge in [-0.25, -0.2) is 0 Å². The quantitative estimate of drug-likeness (QED) is 0.620. The number of amides is 2. The Kier molecular flexibility index (Phi) is 5.61. The predicted octanol–water partition coefficient (Wildman–Crippen LogP) is 5.00. The van der Waals surface area contributed by atoms with E-state index >= 15 is 0 Å². The van der Waals surface area contributed by atoms with E-state index in [2.05, 4.69) is 4.98 Å². The van der Waals surface area contributed by atoms with E-state index in [0.717, 1.165) is 16.9 Å². The molecule has 0 fully saturated rings. The first-order valence-corrected chi connectivity index (χ1v) is 10.3. The van der Waals surface area contributed by atoms with Crippen molar-refractivity contribution in [3.05, 3.63) is 90.3 Å². The molecule has 5 nitrogen and oxygen atoms in total. The van der Waals surface area contributed by atoms with Crippen molar-refractivity contribution < 1.29 is 9.59 Å². The van der Waals surface area contributed by atoms with Crippen LogP contribution in [0.3, 0.4) is 0 Å². The first-order valence-electron chi connectivity index (χ1n) is 10.3. The summed E-state index contributed by atoms with van der Waals surface area (Å²) in [6.07, 6.45) is 4.33. The normalized spacial score (nSPS) is 17.9. The van der Waals surface area contributed by atoms with Crippen LogP contribution in [0.15, 0.2) is 79.1 Å². The summed E-state index contributed by atoms with van der Waals surface area (Å²) in [6, 6.07) is 21.0. The van der Waals surface area contributed by atoms with Gasteiger partial charge < -0.3 is 9.80 Å². The second-order valence-corrected chi connectivity index (χ2v) is 7.53. The van der Waals surface area contributed by atoms with Crippen molar-refractivity contribution >= 4 is 23.2 Å². The Hall–Kier alpha value is -3.47. The Bertz CT molecular complexity index is 1040. The number of anilines is 2. The van der Waals surface area contributed by atoms with E-state index in [4.69, 9.17) is 0 Å². The number of aromatic nitrogens is 1. The van der Waals surface area contributed by atoms with Crippen LogP contribution >= 0.6 is 0 Å². The maximum Gasteiger partial charge on any atom is 0.260 e. The van der Waals surface area contributed by atoms with Gasteiger partial charge in [-0.3, -0.25) is 14.6 Å². The number of pyridine rings is 1. The van der Waals surface area contributed by atoms with Crippen molar-refractivity contribution in [2.24, 2.45) is 0 Å². The van der Waals surface area contributed by atoms with Crippen LogP contribution in [0.1, 0.15) is 48.7 Å². The van der Waals surface area contributed by atoms with Crippen molar-refractivity contribution in [2.75, 3.05) is 9.80 Å². The molecule has 1 aliphatic rings. The molecule has 1 aromatic heterocycles. The second-order valence-electron chi connectivity index (χ2n) is 7.53. The van der Waals surface area contributed by atoms with Gasteiger partial charge in [-0.2, -0.15) is 0 Å². The average molecular weight is 399 g/mol. The molecule has 2 atom stereocenters. The molecule has 1 aliphatic heterocycles. The standard InChI is InChI=1S/C25H25N3O2/c1-3-24(29)28(20-11-5-4-6-12-20)23-16-18(2)27(22-14-8-7-13-21(22)23)25(30)19-10-9-15-26-17-19/h4-15,17-18,23H,3,16H2,1-2H3/t18-,23+/m1/s1. The lowest BCUT2D eigenvalue weighted by Gasteiger charge is -2.43. The summed E-state index contributed by atoms with van der Waals surface area (Å²) in [5.41, 5.74) is 3.27. The average Bonchev–Trinajstić information content (AvgIpc) is 2.80. The number of rotatable bonds is 4. The SMILES string of the molecule is CCC(=O)N(c1ccccc1)[C@H]1C[C@@H](C)N(C(=O)c2cccnc2)c2ccccc21. The lowest BCUT2D eigenvalue weighted by Crippen LogP contribution is -2.47. The highest BCUT2D eigenvalue weighted by molar-refractivity contribution is 6.07. The number of carbonyl (C=O) groups excluding carboxylic acids is 2. The van der Waals surface area contributed by atoms with E-state index in [9.17, 15) is 9.59 Å². The number of para-hydroxylation sites is 2. The zero-order valence-electron chi connectivity index (χ0n) is 17.2. The van der Waals surface area contributed by atoms with E-state index in [1.807, 2.05) is 78.2 Å². The van der Waals surface area contributed by atoms with Gasteiger partial charge in [-0.1, -0.05) is 43.3 Å². The van der Waals surface area contributed by atoms with Gasteiger partial charge >= 0.3 is 0 Å². The minimum absolute atomic E-state index is 0.0697. The Balaban J connectivity index is 1.79. The molecule has 5 heteroatoms. The lowest BCUT2D eigenvalue weighted by molar-refractivity contribution is -0.118. The number of carbonyl (C=O) groups is 2. The fourth-order valence-electron chi connectivity index (χ4n) is 4.22. The van der Waals surface area contributed by atoms with Gasteiger partial charge in [0.2, 0.25) is 5.91 Å². The van der Waals surface area contributed by atoms with Crippen LogP contribution in [0.5, 0.6) is 0 Å². The number of hydrogen-bond donors (Lipinski definition) is 0. The Morgan fingerprint density at radius 2 is 1.77 bits per heavy atom. The summed E-state index contributed by atoms with van der Waals surface area (Å²) in [4.78, 5) is 34.1. The summed E-state index contributed by atoms with van der Waals surface area (Å²) in [5.74, 6) is -0.00480. The van der Waals surface area contributed by atoms with Crippen LogP contribution in [0, 0.1) is 0 Å². The zero-order valence-corrected chi connectivity index (χ0v) is 17.2. The van der Waals surface area contributed by atoms with Crippen LogP contribution in [-0.2, 0) is 4.79 Å². The van der Waals surface area contributed by atoms with Crippen LogP contribution in [0.25, 0.3) is 0 Å². The molecule has 0 unspecified atom stereocenters. The molecular formula is C25H25N3O2. The smallest absolute Gasteiger partial charge is 0.260 e. The number of fused-ring (bicyclic) bond motifs is 1. The minimum atomic E-state index is -0.135. The van der Waals surface area contributed by atoms with Crippen LogP contribution < -0.4 is 9.80 Å². The number of hydrogen-bond acceptors (Lipinski definition) is 3. The Morgan fingerprint density at radius 1 is 1.03 bits per heavy atom. The molecule has 0 spiro atoms. The fourth-order valence-corrected chi connectivity index (χ4v) is 4.22. The van der Waals surface area contributed by atoms with Crippen LogP contribution in [0.2, 0.25) is 0 Å². The van der Waals surface area contributed by atoms with Gasteiger partial charge in [0, 0.05) is 36.2 Å². The summed E-state index contributed by atoms with van der Waals surface area (Å²) < 4.78 is 0. The molecule has 0 saturated carbocycles. The highest BCUT2D eigenvalue weighted by Gasteiger charge is 2.38. The number of nitrogens with zero attached hydrogens (tertiary/aromatic N) is 3. The first kappa shape index (κ1) is 19.8. The van der Waals surface area contributed by atoms with Gasteiger partial charge in [0.1, 0.15) is 0 Å². The molecule has 3 aromatic rings. The van der Waals surface area contributed by atoms with E-state index in [1.54, 1.807) is 24.5 Å². The molecule has 0 radical (unpaired) electrons. The molecule has 2 amide bonds. The maximum absolute atomic E-state index is 13.3. The molecule has 4 rings (SSSR count). The molecular weight excluding hydrogens is 374 g/mol.